The van der Waals surface area contributed by atoms with E-state index in [4.69, 9.17) is 15.6 Å². The van der Waals surface area contributed by atoms with Gasteiger partial charge in [-0.3, -0.25) is 4.90 Å². The Morgan fingerprint density at radius 1 is 1.40 bits per heavy atom. The smallest absolute Gasteiger partial charge is 0.0823 e. The van der Waals surface area contributed by atoms with Crippen molar-refractivity contribution >= 4 is 0 Å². The maximum Gasteiger partial charge on any atom is 0.0823 e. The number of nitrogens with zero attached hydrogens (tertiary/aromatic N) is 1. The molecule has 4 nitrogen and oxygen atoms in total. The van der Waals surface area contributed by atoms with Crippen molar-refractivity contribution in [2.24, 2.45) is 5.73 Å². The third kappa shape index (κ3) is 6.84. The van der Waals surface area contributed by atoms with Crippen molar-refractivity contribution in [1.29, 1.82) is 0 Å². The van der Waals surface area contributed by atoms with Gasteiger partial charge in [0.15, 0.2) is 0 Å². The third-order valence-electron chi connectivity index (χ3n) is 2.44. The minimum atomic E-state index is 0.107. The average Bonchev–Trinajstić information content (AvgIpc) is 2.22. The predicted molar refractivity (Wildman–Crippen MR) is 62.9 cm³/mol. The topological polar surface area (TPSA) is 58.7 Å². The Bertz CT molecular complexity index is 143. The van der Waals surface area contributed by atoms with Gasteiger partial charge in [0.2, 0.25) is 0 Å². The van der Waals surface area contributed by atoms with Gasteiger partial charge in [-0.05, 0) is 27.2 Å². The van der Waals surface area contributed by atoms with E-state index in [9.17, 15) is 0 Å². The maximum absolute atomic E-state index is 8.81. The van der Waals surface area contributed by atoms with Crippen molar-refractivity contribution in [3.63, 3.8) is 0 Å². The lowest BCUT2D eigenvalue weighted by molar-refractivity contribution is 0.0296. The van der Waals surface area contributed by atoms with Crippen LogP contribution in [0.4, 0.5) is 0 Å². The predicted octanol–water partition coefficient (Wildman–Crippen LogP) is 0.443. The van der Waals surface area contributed by atoms with Crippen molar-refractivity contribution in [3.05, 3.63) is 0 Å². The largest absolute Gasteiger partial charge is 0.396 e. The fourth-order valence-electron chi connectivity index (χ4n) is 1.53. The summed E-state index contributed by atoms with van der Waals surface area (Å²) < 4.78 is 5.52. The Labute approximate surface area is 93.4 Å². The van der Waals surface area contributed by atoms with E-state index >= 15 is 0 Å². The van der Waals surface area contributed by atoms with Crippen LogP contribution in [0.15, 0.2) is 0 Å². The van der Waals surface area contributed by atoms with Crippen LogP contribution in [-0.4, -0.2) is 55.0 Å². The summed E-state index contributed by atoms with van der Waals surface area (Å²) in [5.41, 5.74) is 5.63. The molecule has 0 heterocycles. The molecule has 0 aliphatic heterocycles. The molecule has 15 heavy (non-hydrogen) atoms. The van der Waals surface area contributed by atoms with E-state index in [1.165, 1.54) is 0 Å². The number of ether oxygens (including phenoxy) is 1. The molecule has 0 bridgehead atoms. The lowest BCUT2D eigenvalue weighted by Gasteiger charge is -2.29. The van der Waals surface area contributed by atoms with Gasteiger partial charge in [0.1, 0.15) is 0 Å². The Morgan fingerprint density at radius 2 is 2.07 bits per heavy atom. The molecule has 0 aliphatic rings. The molecule has 0 radical (unpaired) electrons. The highest BCUT2D eigenvalue weighted by atomic mass is 16.5. The number of hydrogen-bond donors (Lipinski definition) is 2. The Morgan fingerprint density at radius 3 is 2.47 bits per heavy atom. The van der Waals surface area contributed by atoms with Crippen molar-refractivity contribution in [1.82, 2.24) is 4.90 Å². The Hall–Kier alpha value is -0.160. The number of hydrogen-bond acceptors (Lipinski definition) is 4. The Kier molecular flexibility index (Phi) is 9.00. The van der Waals surface area contributed by atoms with Gasteiger partial charge in [0.05, 0.1) is 6.10 Å². The molecule has 1 atom stereocenters. The lowest BCUT2D eigenvalue weighted by Crippen LogP contribution is -2.42. The molecule has 4 heteroatoms. The first kappa shape index (κ1) is 14.8. The second kappa shape index (κ2) is 9.09. The number of aliphatic hydroxyl groups excluding tert-OH is 1. The molecule has 0 saturated carbocycles. The molecule has 3 N–H and O–H groups in total. The number of rotatable bonds is 9. The lowest BCUT2D eigenvalue weighted by atomic mass is 10.2. The highest BCUT2D eigenvalue weighted by molar-refractivity contribution is 4.70. The molecule has 0 aromatic heterocycles. The number of nitrogens with two attached hydrogens (primary N) is 1. The molecule has 0 fully saturated rings. The van der Waals surface area contributed by atoms with Crippen LogP contribution in [0, 0.1) is 0 Å². The average molecular weight is 218 g/mol. The van der Waals surface area contributed by atoms with Crippen LogP contribution in [0.25, 0.3) is 0 Å². The van der Waals surface area contributed by atoms with Gasteiger partial charge in [-0.1, -0.05) is 0 Å². The number of aliphatic hydroxyl groups is 1. The summed E-state index contributed by atoms with van der Waals surface area (Å²) in [6.45, 7) is 9.53. The van der Waals surface area contributed by atoms with E-state index in [0.717, 1.165) is 19.5 Å². The molecule has 0 aliphatic carbocycles. The highest BCUT2D eigenvalue weighted by Gasteiger charge is 2.15. The quantitative estimate of drug-likeness (QED) is 0.590. The van der Waals surface area contributed by atoms with Gasteiger partial charge in [-0.2, -0.15) is 0 Å². The molecular formula is C11H26N2O2. The van der Waals surface area contributed by atoms with E-state index in [-0.39, 0.29) is 12.7 Å². The minimum absolute atomic E-state index is 0.107. The van der Waals surface area contributed by atoms with Crippen LogP contribution in [0.1, 0.15) is 27.2 Å². The molecule has 0 rings (SSSR count). The van der Waals surface area contributed by atoms with E-state index in [0.29, 0.717) is 19.2 Å². The second-order valence-electron chi connectivity index (χ2n) is 3.98. The zero-order valence-corrected chi connectivity index (χ0v) is 10.3. The first-order valence-electron chi connectivity index (χ1n) is 5.82. The summed E-state index contributed by atoms with van der Waals surface area (Å²) in [5.74, 6) is 0. The van der Waals surface area contributed by atoms with Crippen molar-refractivity contribution < 1.29 is 9.84 Å². The van der Waals surface area contributed by atoms with E-state index < -0.39 is 0 Å². The molecular weight excluding hydrogens is 192 g/mol. The van der Waals surface area contributed by atoms with Crippen LogP contribution < -0.4 is 5.73 Å². The fraction of sp³-hybridized carbons (Fsp3) is 1.00. The van der Waals surface area contributed by atoms with Gasteiger partial charge in [-0.15, -0.1) is 0 Å². The molecule has 0 aromatic carbocycles. The first-order valence-corrected chi connectivity index (χ1v) is 5.82. The van der Waals surface area contributed by atoms with Crippen LogP contribution in [0.2, 0.25) is 0 Å². The molecule has 1 unspecified atom stereocenters. The van der Waals surface area contributed by atoms with Crippen LogP contribution in [0.3, 0.4) is 0 Å². The zero-order valence-electron chi connectivity index (χ0n) is 10.3. The monoisotopic (exact) mass is 218 g/mol. The summed E-state index contributed by atoms with van der Waals surface area (Å²) in [7, 11) is 0. The molecule has 0 aromatic rings. The molecule has 0 spiro atoms. The standard InChI is InChI=1S/C11H26N2O2/c1-4-15-11(8-12)9-13(10(2)3)6-5-7-14/h10-11,14H,4-9,12H2,1-3H3. The summed E-state index contributed by atoms with van der Waals surface area (Å²) in [6.07, 6.45) is 0.915. The van der Waals surface area contributed by atoms with Crippen molar-refractivity contribution in [2.75, 3.05) is 32.8 Å². The normalized spacial score (nSPS) is 13.8. The first-order chi connectivity index (χ1) is 7.15. The van der Waals surface area contributed by atoms with Gasteiger partial charge in [0, 0.05) is 38.9 Å². The maximum atomic E-state index is 8.81. The summed E-state index contributed by atoms with van der Waals surface area (Å²) in [5, 5.41) is 8.81. The molecule has 0 saturated heterocycles. The van der Waals surface area contributed by atoms with Crippen molar-refractivity contribution in [3.8, 4) is 0 Å². The van der Waals surface area contributed by atoms with Crippen LogP contribution >= 0.6 is 0 Å². The summed E-state index contributed by atoms with van der Waals surface area (Å²) in [6, 6.07) is 0.464. The fourth-order valence-corrected chi connectivity index (χ4v) is 1.53. The van der Waals surface area contributed by atoms with Gasteiger partial charge >= 0.3 is 0 Å². The van der Waals surface area contributed by atoms with Crippen LogP contribution in [-0.2, 0) is 4.74 Å². The minimum Gasteiger partial charge on any atom is -0.396 e. The zero-order chi connectivity index (χ0) is 11.7. The summed E-state index contributed by atoms with van der Waals surface area (Å²) >= 11 is 0. The second-order valence-corrected chi connectivity index (χ2v) is 3.98. The van der Waals surface area contributed by atoms with Gasteiger partial charge in [0.25, 0.3) is 0 Å². The highest BCUT2D eigenvalue weighted by Crippen LogP contribution is 2.03. The van der Waals surface area contributed by atoms with E-state index in [2.05, 4.69) is 18.7 Å². The molecule has 92 valence electrons. The van der Waals surface area contributed by atoms with E-state index in [1.54, 1.807) is 0 Å². The van der Waals surface area contributed by atoms with Crippen molar-refractivity contribution in [2.45, 2.75) is 39.3 Å². The van der Waals surface area contributed by atoms with Crippen LogP contribution in [0.5, 0.6) is 0 Å². The molecule has 0 amide bonds. The van der Waals surface area contributed by atoms with E-state index in [1.807, 2.05) is 6.92 Å². The SMILES string of the molecule is CCOC(CN)CN(CCCO)C(C)C. The van der Waals surface area contributed by atoms with Gasteiger partial charge in [-0.25, -0.2) is 0 Å². The summed E-state index contributed by atoms with van der Waals surface area (Å²) in [4.78, 5) is 2.30. The third-order valence-corrected chi connectivity index (χ3v) is 2.44. The Balaban J connectivity index is 4.00. The van der Waals surface area contributed by atoms with Gasteiger partial charge < -0.3 is 15.6 Å².